The van der Waals surface area contributed by atoms with Gasteiger partial charge in [-0.3, -0.25) is 4.79 Å². The Labute approximate surface area is 112 Å². The minimum absolute atomic E-state index is 0.00223. The second-order valence-electron chi connectivity index (χ2n) is 4.72. The Morgan fingerprint density at radius 3 is 2.95 bits per heavy atom. The van der Waals surface area contributed by atoms with E-state index in [9.17, 15) is 4.79 Å². The fourth-order valence-corrected chi connectivity index (χ4v) is 1.95. The lowest BCUT2D eigenvalue weighted by atomic mass is 10.1. The molecule has 1 heterocycles. The van der Waals surface area contributed by atoms with E-state index >= 15 is 0 Å². The molecule has 2 aromatic rings. The third-order valence-electron chi connectivity index (χ3n) is 2.87. The number of hydrogen-bond donors (Lipinski definition) is 2. The largest absolute Gasteiger partial charge is 0.398 e. The first-order chi connectivity index (χ1) is 9.06. The number of aromatic nitrogens is 2. The van der Waals surface area contributed by atoms with Gasteiger partial charge in [0.1, 0.15) is 0 Å². The van der Waals surface area contributed by atoms with Gasteiger partial charge >= 0.3 is 0 Å². The number of nitrogens with two attached hydrogens (primary N) is 1. The van der Waals surface area contributed by atoms with E-state index in [2.05, 4.69) is 10.3 Å². The van der Waals surface area contributed by atoms with Gasteiger partial charge in [-0.2, -0.15) is 0 Å². The molecule has 0 aliphatic heterocycles. The molecule has 0 aliphatic rings. The maximum Gasteiger partial charge on any atom is 0.253 e. The number of nitrogens with zero attached hydrogens (tertiary/aromatic N) is 2. The molecule has 2 rings (SSSR count). The van der Waals surface area contributed by atoms with E-state index in [1.165, 1.54) is 0 Å². The van der Waals surface area contributed by atoms with Crippen molar-refractivity contribution in [1.82, 2.24) is 14.9 Å². The lowest BCUT2D eigenvalue weighted by Gasteiger charge is -2.15. The van der Waals surface area contributed by atoms with Crippen LogP contribution in [-0.2, 0) is 6.54 Å². The third kappa shape index (κ3) is 3.34. The minimum Gasteiger partial charge on any atom is -0.398 e. The lowest BCUT2D eigenvalue weighted by Crippen LogP contribution is -2.35. The minimum atomic E-state index is -0.148. The number of amides is 1. The van der Waals surface area contributed by atoms with E-state index < -0.39 is 0 Å². The predicted molar refractivity (Wildman–Crippen MR) is 74.7 cm³/mol. The van der Waals surface area contributed by atoms with Crippen molar-refractivity contribution in [2.45, 2.75) is 26.4 Å². The fourth-order valence-electron chi connectivity index (χ4n) is 1.95. The maximum atomic E-state index is 12.1. The molecule has 0 fully saturated rings. The summed E-state index contributed by atoms with van der Waals surface area (Å²) in [5.41, 5.74) is 7.92. The van der Waals surface area contributed by atoms with Gasteiger partial charge in [-0.15, -0.1) is 0 Å². The molecular formula is C14H18N4O. The van der Waals surface area contributed by atoms with E-state index in [0.29, 0.717) is 17.8 Å². The van der Waals surface area contributed by atoms with Crippen LogP contribution >= 0.6 is 0 Å². The summed E-state index contributed by atoms with van der Waals surface area (Å²) in [6.07, 6.45) is 5.30. The summed E-state index contributed by atoms with van der Waals surface area (Å²) in [7, 11) is 0. The quantitative estimate of drug-likeness (QED) is 0.818. The number of carbonyl (C=O) groups is 1. The first-order valence-corrected chi connectivity index (χ1v) is 6.19. The molecular weight excluding hydrogens is 240 g/mol. The van der Waals surface area contributed by atoms with Crippen LogP contribution < -0.4 is 11.1 Å². The summed E-state index contributed by atoms with van der Waals surface area (Å²) in [5, 5.41) is 2.93. The number of anilines is 1. The molecule has 3 N–H and O–H groups in total. The van der Waals surface area contributed by atoms with Gasteiger partial charge in [0.25, 0.3) is 5.91 Å². The summed E-state index contributed by atoms with van der Waals surface area (Å²) in [6, 6.07) is 5.44. The predicted octanol–water partition coefficient (Wildman–Crippen LogP) is 1.59. The summed E-state index contributed by atoms with van der Waals surface area (Å²) in [6.45, 7) is 4.57. The smallest absolute Gasteiger partial charge is 0.253 e. The molecule has 0 bridgehead atoms. The standard InChI is InChI=1S/C14H18N4O/c1-10-3-4-12(13(15)7-10)14(19)17-11(2)8-18-6-5-16-9-18/h3-7,9,11H,8,15H2,1-2H3,(H,17,19). The van der Waals surface area contributed by atoms with Crippen molar-refractivity contribution in [3.63, 3.8) is 0 Å². The SMILES string of the molecule is Cc1ccc(C(=O)NC(C)Cn2ccnc2)c(N)c1. The van der Waals surface area contributed by atoms with Crippen molar-refractivity contribution in [1.29, 1.82) is 0 Å². The Hall–Kier alpha value is -2.30. The van der Waals surface area contributed by atoms with Crippen LogP contribution in [0.2, 0.25) is 0 Å². The molecule has 0 spiro atoms. The van der Waals surface area contributed by atoms with Crippen molar-refractivity contribution in [3.8, 4) is 0 Å². The second kappa shape index (κ2) is 5.56. The Morgan fingerprint density at radius 1 is 1.53 bits per heavy atom. The van der Waals surface area contributed by atoms with Crippen molar-refractivity contribution in [2.75, 3.05) is 5.73 Å². The summed E-state index contributed by atoms with van der Waals surface area (Å²) in [4.78, 5) is 16.1. The van der Waals surface area contributed by atoms with E-state index in [4.69, 9.17) is 5.73 Å². The van der Waals surface area contributed by atoms with Crippen LogP contribution in [-0.4, -0.2) is 21.5 Å². The van der Waals surface area contributed by atoms with Gasteiger partial charge in [0, 0.05) is 30.7 Å². The highest BCUT2D eigenvalue weighted by atomic mass is 16.1. The molecule has 1 unspecified atom stereocenters. The number of benzene rings is 1. The van der Waals surface area contributed by atoms with E-state index in [-0.39, 0.29) is 11.9 Å². The van der Waals surface area contributed by atoms with Crippen molar-refractivity contribution >= 4 is 11.6 Å². The highest BCUT2D eigenvalue weighted by Gasteiger charge is 2.12. The number of nitrogen functional groups attached to an aromatic ring is 1. The van der Waals surface area contributed by atoms with E-state index in [0.717, 1.165) is 5.56 Å². The normalized spacial score (nSPS) is 12.1. The Bertz CT molecular complexity index is 563. The fraction of sp³-hybridized carbons (Fsp3) is 0.286. The van der Waals surface area contributed by atoms with Crippen LogP contribution in [0.5, 0.6) is 0 Å². The Morgan fingerprint density at radius 2 is 2.32 bits per heavy atom. The molecule has 19 heavy (non-hydrogen) atoms. The van der Waals surface area contributed by atoms with Crippen LogP contribution in [0.1, 0.15) is 22.8 Å². The van der Waals surface area contributed by atoms with Crippen molar-refractivity contribution < 1.29 is 4.79 Å². The lowest BCUT2D eigenvalue weighted by molar-refractivity contribution is 0.0937. The summed E-state index contributed by atoms with van der Waals surface area (Å²) >= 11 is 0. The monoisotopic (exact) mass is 258 g/mol. The second-order valence-corrected chi connectivity index (χ2v) is 4.72. The van der Waals surface area contributed by atoms with Gasteiger partial charge in [0.05, 0.1) is 11.9 Å². The highest BCUT2D eigenvalue weighted by Crippen LogP contribution is 2.13. The molecule has 0 radical (unpaired) electrons. The van der Waals surface area contributed by atoms with Crippen LogP contribution in [0.3, 0.4) is 0 Å². The molecule has 100 valence electrons. The molecule has 0 aliphatic carbocycles. The van der Waals surface area contributed by atoms with Gasteiger partial charge in [-0.1, -0.05) is 6.07 Å². The zero-order chi connectivity index (χ0) is 13.8. The maximum absolute atomic E-state index is 12.1. The Kier molecular flexibility index (Phi) is 3.85. The summed E-state index contributed by atoms with van der Waals surface area (Å²) in [5.74, 6) is -0.148. The molecule has 0 saturated heterocycles. The number of imidazole rings is 1. The van der Waals surface area contributed by atoms with E-state index in [1.807, 2.05) is 30.7 Å². The summed E-state index contributed by atoms with van der Waals surface area (Å²) < 4.78 is 1.92. The van der Waals surface area contributed by atoms with Crippen LogP contribution in [0, 0.1) is 6.92 Å². The van der Waals surface area contributed by atoms with Gasteiger partial charge in [-0.05, 0) is 31.5 Å². The van der Waals surface area contributed by atoms with E-state index in [1.54, 1.807) is 24.7 Å². The third-order valence-corrected chi connectivity index (χ3v) is 2.87. The number of nitrogens with one attached hydrogen (secondary N) is 1. The number of aryl methyl sites for hydroxylation is 1. The molecule has 1 aromatic carbocycles. The van der Waals surface area contributed by atoms with Gasteiger partial charge in [0.2, 0.25) is 0 Å². The van der Waals surface area contributed by atoms with Gasteiger partial charge in [0.15, 0.2) is 0 Å². The van der Waals surface area contributed by atoms with Crippen molar-refractivity contribution in [2.24, 2.45) is 0 Å². The van der Waals surface area contributed by atoms with Gasteiger partial charge in [-0.25, -0.2) is 4.98 Å². The molecule has 0 saturated carbocycles. The molecule has 1 aromatic heterocycles. The number of carbonyl (C=O) groups excluding carboxylic acids is 1. The van der Waals surface area contributed by atoms with Crippen LogP contribution in [0.4, 0.5) is 5.69 Å². The first kappa shape index (κ1) is 13.1. The average molecular weight is 258 g/mol. The molecule has 1 atom stereocenters. The first-order valence-electron chi connectivity index (χ1n) is 6.19. The zero-order valence-electron chi connectivity index (χ0n) is 11.1. The van der Waals surface area contributed by atoms with Crippen molar-refractivity contribution in [3.05, 3.63) is 48.0 Å². The highest BCUT2D eigenvalue weighted by molar-refractivity contribution is 5.99. The topological polar surface area (TPSA) is 72.9 Å². The van der Waals surface area contributed by atoms with Crippen LogP contribution in [0.25, 0.3) is 0 Å². The Balaban J connectivity index is 2.00. The molecule has 1 amide bonds. The van der Waals surface area contributed by atoms with Gasteiger partial charge < -0.3 is 15.6 Å². The molecule has 5 heteroatoms. The average Bonchev–Trinajstić information content (AvgIpc) is 2.81. The number of rotatable bonds is 4. The molecule has 5 nitrogen and oxygen atoms in total. The zero-order valence-corrected chi connectivity index (χ0v) is 11.1. The van der Waals surface area contributed by atoms with Crippen LogP contribution in [0.15, 0.2) is 36.9 Å². The number of hydrogen-bond acceptors (Lipinski definition) is 3.